The summed E-state index contributed by atoms with van der Waals surface area (Å²) in [5.74, 6) is 1.44. The number of carbonyl (C=O) groups is 1. The van der Waals surface area contributed by atoms with Crippen LogP contribution in [0, 0.1) is 12.3 Å². The van der Waals surface area contributed by atoms with E-state index < -0.39 is 20.2 Å². The van der Waals surface area contributed by atoms with Crippen molar-refractivity contribution in [3.05, 3.63) is 0 Å². The number of terminal acetylenes is 1. The molecule has 0 saturated heterocycles. The Labute approximate surface area is 76.9 Å². The molecule has 0 aliphatic heterocycles. The van der Waals surface area contributed by atoms with Crippen molar-refractivity contribution >= 4 is 13.6 Å². The van der Waals surface area contributed by atoms with Gasteiger partial charge in [-0.2, -0.15) is 0 Å². The molecule has 0 aliphatic rings. The monoisotopic (exact) mass is 206 g/mol. The summed E-state index contributed by atoms with van der Waals surface area (Å²) in [4.78, 5) is 10.7. The Balaban J connectivity index is 3.71. The van der Waals surface area contributed by atoms with Crippen molar-refractivity contribution in [2.45, 2.75) is 0 Å². The van der Waals surface area contributed by atoms with Gasteiger partial charge in [0.25, 0.3) is 0 Å². The molecule has 0 radical (unpaired) electrons. The lowest BCUT2D eigenvalue weighted by molar-refractivity contribution is -0.144. The van der Waals surface area contributed by atoms with E-state index in [1.165, 1.54) is 13.8 Å². The maximum absolute atomic E-state index is 11.1. The SMILES string of the molecule is C#CCOC(=O)COP(C)(=O)OC. The number of hydrogen-bond acceptors (Lipinski definition) is 5. The smallest absolute Gasteiger partial charge is 0.333 e. The Morgan fingerprint density at radius 2 is 2.23 bits per heavy atom. The summed E-state index contributed by atoms with van der Waals surface area (Å²) >= 11 is 0. The molecule has 13 heavy (non-hydrogen) atoms. The molecule has 0 N–H and O–H groups in total. The highest BCUT2D eigenvalue weighted by molar-refractivity contribution is 7.52. The first-order valence-corrected chi connectivity index (χ1v) is 5.37. The third kappa shape index (κ3) is 6.35. The van der Waals surface area contributed by atoms with Gasteiger partial charge in [-0.25, -0.2) is 4.79 Å². The maximum Gasteiger partial charge on any atom is 0.333 e. The van der Waals surface area contributed by atoms with Crippen molar-refractivity contribution in [2.24, 2.45) is 0 Å². The second-order valence-corrected chi connectivity index (χ2v) is 4.26. The van der Waals surface area contributed by atoms with Crippen LogP contribution in [-0.2, 0) is 23.1 Å². The molecule has 1 unspecified atom stereocenters. The first-order valence-electron chi connectivity index (χ1n) is 3.38. The molecule has 74 valence electrons. The zero-order valence-electron chi connectivity index (χ0n) is 7.48. The molecule has 0 aromatic carbocycles. The Hall–Kier alpha value is -0.820. The number of esters is 1. The van der Waals surface area contributed by atoms with Gasteiger partial charge in [-0.1, -0.05) is 5.92 Å². The summed E-state index contributed by atoms with van der Waals surface area (Å²) in [6.45, 7) is 0.702. The van der Waals surface area contributed by atoms with Crippen molar-refractivity contribution in [1.82, 2.24) is 0 Å². The zero-order chi connectivity index (χ0) is 10.3. The van der Waals surface area contributed by atoms with Crippen LogP contribution in [0.4, 0.5) is 0 Å². The zero-order valence-corrected chi connectivity index (χ0v) is 8.37. The molecular formula is C7H11O5P. The Morgan fingerprint density at radius 1 is 1.62 bits per heavy atom. The summed E-state index contributed by atoms with van der Waals surface area (Å²) < 4.78 is 24.6. The van der Waals surface area contributed by atoms with E-state index in [1.807, 2.05) is 0 Å². The number of carbonyl (C=O) groups excluding carboxylic acids is 1. The highest BCUT2D eigenvalue weighted by atomic mass is 31.2. The van der Waals surface area contributed by atoms with Gasteiger partial charge in [-0.15, -0.1) is 6.42 Å². The van der Waals surface area contributed by atoms with Gasteiger partial charge in [-0.3, -0.25) is 9.09 Å². The molecule has 0 aliphatic carbocycles. The van der Waals surface area contributed by atoms with Gasteiger partial charge in [0.05, 0.1) is 0 Å². The number of rotatable bonds is 5. The van der Waals surface area contributed by atoms with E-state index in [2.05, 4.69) is 19.7 Å². The van der Waals surface area contributed by atoms with Crippen LogP contribution in [-0.4, -0.2) is 33.0 Å². The summed E-state index contributed by atoms with van der Waals surface area (Å²) in [6, 6.07) is 0. The van der Waals surface area contributed by atoms with E-state index in [-0.39, 0.29) is 6.61 Å². The van der Waals surface area contributed by atoms with Gasteiger partial charge in [-0.05, 0) is 0 Å². The molecule has 0 saturated carbocycles. The molecule has 6 heteroatoms. The number of hydrogen-bond donors (Lipinski definition) is 0. The lowest BCUT2D eigenvalue weighted by Crippen LogP contribution is -2.12. The van der Waals surface area contributed by atoms with Gasteiger partial charge in [0, 0.05) is 13.8 Å². The van der Waals surface area contributed by atoms with Crippen LogP contribution in [0.25, 0.3) is 0 Å². The van der Waals surface area contributed by atoms with E-state index in [0.717, 1.165) is 0 Å². The first kappa shape index (κ1) is 12.2. The van der Waals surface area contributed by atoms with E-state index >= 15 is 0 Å². The van der Waals surface area contributed by atoms with Crippen molar-refractivity contribution in [1.29, 1.82) is 0 Å². The molecule has 1 atom stereocenters. The summed E-state index contributed by atoms with van der Waals surface area (Å²) in [7, 11) is -1.88. The predicted molar refractivity (Wildman–Crippen MR) is 46.3 cm³/mol. The molecule has 0 spiro atoms. The average Bonchev–Trinajstić information content (AvgIpc) is 2.11. The van der Waals surface area contributed by atoms with Gasteiger partial charge < -0.3 is 9.26 Å². The largest absolute Gasteiger partial charge is 0.451 e. The summed E-state index contributed by atoms with van der Waals surface area (Å²) in [6.07, 6.45) is 4.84. The average molecular weight is 206 g/mol. The standard InChI is InChI=1S/C7H11O5P/c1-4-5-11-7(8)6-12-13(3,9)10-2/h1H,5-6H2,2-3H3. The van der Waals surface area contributed by atoms with Crippen LogP contribution in [0.5, 0.6) is 0 Å². The van der Waals surface area contributed by atoms with Crippen molar-refractivity contribution < 1.29 is 23.1 Å². The van der Waals surface area contributed by atoms with Crippen LogP contribution in [0.3, 0.4) is 0 Å². The molecule has 5 nitrogen and oxygen atoms in total. The van der Waals surface area contributed by atoms with E-state index in [9.17, 15) is 9.36 Å². The molecule has 0 amide bonds. The minimum Gasteiger partial charge on any atom is -0.451 e. The highest BCUT2D eigenvalue weighted by Crippen LogP contribution is 2.42. The lowest BCUT2D eigenvalue weighted by atomic mass is 10.7. The molecule has 0 aromatic heterocycles. The molecule has 0 fully saturated rings. The summed E-state index contributed by atoms with van der Waals surface area (Å²) in [5, 5.41) is 0. The van der Waals surface area contributed by atoms with Crippen LogP contribution >= 0.6 is 7.60 Å². The second kappa shape index (κ2) is 5.76. The third-order valence-electron chi connectivity index (χ3n) is 1.07. The fourth-order valence-corrected chi connectivity index (χ4v) is 0.832. The lowest BCUT2D eigenvalue weighted by Gasteiger charge is -2.09. The van der Waals surface area contributed by atoms with Gasteiger partial charge in [0.2, 0.25) is 0 Å². The molecule has 0 heterocycles. The van der Waals surface area contributed by atoms with Crippen molar-refractivity contribution in [2.75, 3.05) is 27.0 Å². The van der Waals surface area contributed by atoms with E-state index in [1.54, 1.807) is 0 Å². The first-order chi connectivity index (χ1) is 6.02. The molecule has 0 aromatic rings. The second-order valence-electron chi connectivity index (χ2n) is 2.09. The van der Waals surface area contributed by atoms with Crippen LogP contribution < -0.4 is 0 Å². The van der Waals surface area contributed by atoms with Crippen molar-refractivity contribution in [3.8, 4) is 12.3 Å². The fraction of sp³-hybridized carbons (Fsp3) is 0.571. The number of ether oxygens (including phenoxy) is 1. The Bertz CT molecular complexity index is 254. The maximum atomic E-state index is 11.1. The highest BCUT2D eigenvalue weighted by Gasteiger charge is 2.16. The van der Waals surface area contributed by atoms with Crippen molar-refractivity contribution in [3.63, 3.8) is 0 Å². The van der Waals surface area contributed by atoms with Gasteiger partial charge >= 0.3 is 13.6 Å². The predicted octanol–water partition coefficient (Wildman–Crippen LogP) is 0.649. The Kier molecular flexibility index (Phi) is 5.40. The molecule has 0 bridgehead atoms. The quantitative estimate of drug-likeness (QED) is 0.375. The van der Waals surface area contributed by atoms with E-state index in [4.69, 9.17) is 6.42 Å². The molecular weight excluding hydrogens is 195 g/mol. The minimum atomic E-state index is -3.11. The van der Waals surface area contributed by atoms with Crippen LogP contribution in [0.1, 0.15) is 0 Å². The Morgan fingerprint density at radius 3 is 2.69 bits per heavy atom. The minimum absolute atomic E-state index is 0.122. The van der Waals surface area contributed by atoms with Gasteiger partial charge in [0.1, 0.15) is 0 Å². The van der Waals surface area contributed by atoms with Crippen LogP contribution in [0.2, 0.25) is 0 Å². The summed E-state index contributed by atoms with van der Waals surface area (Å²) in [5.41, 5.74) is 0. The van der Waals surface area contributed by atoms with Gasteiger partial charge in [0.15, 0.2) is 13.2 Å². The molecule has 0 rings (SSSR count). The van der Waals surface area contributed by atoms with Crippen LogP contribution in [0.15, 0.2) is 0 Å². The third-order valence-corrected chi connectivity index (χ3v) is 2.33. The normalized spacial score (nSPS) is 14.2. The fourth-order valence-electron chi connectivity index (χ4n) is 0.386. The topological polar surface area (TPSA) is 61.8 Å². The van der Waals surface area contributed by atoms with E-state index in [0.29, 0.717) is 0 Å².